The first-order valence-corrected chi connectivity index (χ1v) is 15.1. The number of amides is 2. The van der Waals surface area contributed by atoms with Crippen molar-refractivity contribution in [2.45, 2.75) is 69.5 Å². The average molecular weight is 566 g/mol. The number of aryl methyl sites for hydroxylation is 1. The number of sulfonamides is 1. The Hall–Kier alpha value is -3.72. The zero-order valence-corrected chi connectivity index (χ0v) is 23.7. The Morgan fingerprint density at radius 2 is 1.55 bits per heavy atom. The zero-order valence-electron chi connectivity index (χ0n) is 22.9. The van der Waals surface area contributed by atoms with E-state index in [2.05, 4.69) is 5.32 Å². The molecule has 0 spiro atoms. The van der Waals surface area contributed by atoms with Crippen molar-refractivity contribution in [3.05, 3.63) is 95.8 Å². The molecular formula is C31H36FN3O4S. The molecule has 3 aromatic carbocycles. The number of carbonyl (C=O) groups is 2. The number of nitrogens with one attached hydrogen (secondary N) is 1. The van der Waals surface area contributed by atoms with Crippen LogP contribution in [0.15, 0.2) is 83.8 Å². The second-order valence-electron chi connectivity index (χ2n) is 10.2. The standard InChI is InChI=1S/C31H36FN3O4S/c1-23-13-9-10-14-25(23)21-34(24(2)31(37)33-26-15-5-3-6-16-26)30(36)22-35(29-20-12-11-19-28(29)32)40(38,39)27-17-7-4-8-18-27/h4,7-14,17-20,24,26H,3,5-6,15-16,21-22H2,1-2H3,(H,33,37)/t24-/m1/s1. The molecule has 40 heavy (non-hydrogen) atoms. The maximum absolute atomic E-state index is 15.0. The summed E-state index contributed by atoms with van der Waals surface area (Å²) in [6.45, 7) is 2.98. The normalized spacial score (nSPS) is 14.8. The molecule has 1 fully saturated rings. The predicted molar refractivity (Wildman–Crippen MR) is 154 cm³/mol. The number of nitrogens with zero attached hydrogens (tertiary/aromatic N) is 2. The van der Waals surface area contributed by atoms with Gasteiger partial charge >= 0.3 is 0 Å². The van der Waals surface area contributed by atoms with Crippen molar-refractivity contribution in [2.24, 2.45) is 0 Å². The van der Waals surface area contributed by atoms with Crippen molar-refractivity contribution in [3.63, 3.8) is 0 Å². The van der Waals surface area contributed by atoms with Crippen LogP contribution < -0.4 is 9.62 Å². The highest BCUT2D eigenvalue weighted by molar-refractivity contribution is 7.92. The number of carbonyl (C=O) groups excluding carboxylic acids is 2. The number of halogens is 1. The number of rotatable bonds is 10. The van der Waals surface area contributed by atoms with Crippen LogP contribution >= 0.6 is 0 Å². The van der Waals surface area contributed by atoms with Crippen LogP contribution in [0.2, 0.25) is 0 Å². The minimum Gasteiger partial charge on any atom is -0.352 e. The van der Waals surface area contributed by atoms with Gasteiger partial charge in [-0.1, -0.05) is 73.9 Å². The number of benzene rings is 3. The molecule has 0 bridgehead atoms. The topological polar surface area (TPSA) is 86.8 Å². The van der Waals surface area contributed by atoms with E-state index in [4.69, 9.17) is 0 Å². The van der Waals surface area contributed by atoms with Gasteiger partial charge in [-0.2, -0.15) is 0 Å². The van der Waals surface area contributed by atoms with Crippen molar-refractivity contribution < 1.29 is 22.4 Å². The first-order chi connectivity index (χ1) is 19.2. The van der Waals surface area contributed by atoms with Crippen molar-refractivity contribution in [3.8, 4) is 0 Å². The molecule has 0 radical (unpaired) electrons. The Labute approximate surface area is 236 Å². The molecule has 9 heteroatoms. The molecule has 0 heterocycles. The molecule has 3 aromatic rings. The van der Waals surface area contributed by atoms with Crippen molar-refractivity contribution in [1.29, 1.82) is 0 Å². The lowest BCUT2D eigenvalue weighted by atomic mass is 9.95. The van der Waals surface area contributed by atoms with Gasteiger partial charge in [0.05, 0.1) is 10.6 Å². The summed E-state index contributed by atoms with van der Waals surface area (Å²) in [6.07, 6.45) is 5.00. The summed E-state index contributed by atoms with van der Waals surface area (Å²) in [7, 11) is -4.31. The molecule has 0 aromatic heterocycles. The van der Waals surface area contributed by atoms with Gasteiger partial charge < -0.3 is 10.2 Å². The Morgan fingerprint density at radius 3 is 2.23 bits per heavy atom. The highest BCUT2D eigenvalue weighted by atomic mass is 32.2. The minimum atomic E-state index is -4.31. The third-order valence-electron chi connectivity index (χ3n) is 7.45. The lowest BCUT2D eigenvalue weighted by Gasteiger charge is -2.33. The summed E-state index contributed by atoms with van der Waals surface area (Å²) < 4.78 is 43.2. The fraction of sp³-hybridized carbons (Fsp3) is 0.355. The third kappa shape index (κ3) is 6.88. The molecule has 0 saturated heterocycles. The minimum absolute atomic E-state index is 0.0486. The number of para-hydroxylation sites is 1. The monoisotopic (exact) mass is 565 g/mol. The van der Waals surface area contributed by atoms with Gasteiger partial charge in [-0.15, -0.1) is 0 Å². The molecule has 1 atom stereocenters. The Balaban J connectivity index is 1.68. The van der Waals surface area contributed by atoms with Crippen molar-refractivity contribution >= 4 is 27.5 Å². The SMILES string of the molecule is Cc1ccccc1CN(C(=O)CN(c1ccccc1F)S(=O)(=O)c1ccccc1)[C@H](C)C(=O)NC1CCCCC1. The molecule has 0 aliphatic heterocycles. The van der Waals surface area contributed by atoms with Gasteiger partial charge in [0.1, 0.15) is 18.4 Å². The smallest absolute Gasteiger partial charge is 0.264 e. The first kappa shape index (κ1) is 29.3. The molecule has 4 rings (SSSR count). The Bertz CT molecular complexity index is 1430. The maximum atomic E-state index is 15.0. The summed E-state index contributed by atoms with van der Waals surface area (Å²) in [5.74, 6) is -1.68. The molecule has 1 N–H and O–H groups in total. The summed E-state index contributed by atoms with van der Waals surface area (Å²) in [5, 5.41) is 3.08. The zero-order chi connectivity index (χ0) is 28.7. The first-order valence-electron chi connectivity index (χ1n) is 13.6. The van der Waals surface area contributed by atoms with Crippen LogP contribution in [0.5, 0.6) is 0 Å². The van der Waals surface area contributed by atoms with E-state index >= 15 is 0 Å². The predicted octanol–water partition coefficient (Wildman–Crippen LogP) is 5.20. The molecular weight excluding hydrogens is 529 g/mol. The molecule has 1 aliphatic rings. The second kappa shape index (κ2) is 13.1. The molecule has 2 amide bonds. The van der Waals surface area contributed by atoms with E-state index in [-0.39, 0.29) is 29.1 Å². The van der Waals surface area contributed by atoms with Gasteiger partial charge in [0.2, 0.25) is 11.8 Å². The molecule has 1 aliphatic carbocycles. The molecule has 0 unspecified atom stereocenters. The quantitative estimate of drug-likeness (QED) is 0.366. The summed E-state index contributed by atoms with van der Waals surface area (Å²) in [6, 6.07) is 19.7. The molecule has 212 valence electrons. The lowest BCUT2D eigenvalue weighted by molar-refractivity contribution is -0.139. The van der Waals surface area contributed by atoms with Crippen LogP contribution in [0.25, 0.3) is 0 Å². The number of anilines is 1. The van der Waals surface area contributed by atoms with Gasteiger partial charge in [0.25, 0.3) is 10.0 Å². The van der Waals surface area contributed by atoms with E-state index in [1.807, 2.05) is 31.2 Å². The van der Waals surface area contributed by atoms with E-state index < -0.39 is 34.3 Å². The largest absolute Gasteiger partial charge is 0.352 e. The fourth-order valence-corrected chi connectivity index (χ4v) is 6.45. The van der Waals surface area contributed by atoms with Crippen LogP contribution in [-0.2, 0) is 26.2 Å². The maximum Gasteiger partial charge on any atom is 0.264 e. The molecule has 1 saturated carbocycles. The summed E-state index contributed by atoms with van der Waals surface area (Å²) >= 11 is 0. The van der Waals surface area contributed by atoms with E-state index in [1.165, 1.54) is 35.2 Å². The van der Waals surface area contributed by atoms with E-state index in [0.29, 0.717) is 0 Å². The van der Waals surface area contributed by atoms with Crippen molar-refractivity contribution in [1.82, 2.24) is 10.2 Å². The van der Waals surface area contributed by atoms with Crippen LogP contribution in [0.1, 0.15) is 50.2 Å². The van der Waals surface area contributed by atoms with Gasteiger partial charge in [0, 0.05) is 12.6 Å². The summed E-state index contributed by atoms with van der Waals surface area (Å²) in [4.78, 5) is 28.7. The van der Waals surface area contributed by atoms with Crippen LogP contribution in [0, 0.1) is 12.7 Å². The third-order valence-corrected chi connectivity index (χ3v) is 9.23. The van der Waals surface area contributed by atoms with E-state index in [9.17, 15) is 22.4 Å². The highest BCUT2D eigenvalue weighted by Gasteiger charge is 2.34. The van der Waals surface area contributed by atoms with Crippen molar-refractivity contribution in [2.75, 3.05) is 10.8 Å². The lowest BCUT2D eigenvalue weighted by Crippen LogP contribution is -2.53. The average Bonchev–Trinajstić information content (AvgIpc) is 2.96. The Morgan fingerprint density at radius 1 is 0.925 bits per heavy atom. The highest BCUT2D eigenvalue weighted by Crippen LogP contribution is 2.27. The Kier molecular flexibility index (Phi) is 9.58. The van der Waals surface area contributed by atoms with Crippen LogP contribution in [-0.4, -0.2) is 43.8 Å². The van der Waals surface area contributed by atoms with Gasteiger partial charge in [-0.25, -0.2) is 12.8 Å². The fourth-order valence-electron chi connectivity index (χ4n) is 5.01. The van der Waals surface area contributed by atoms with E-state index in [1.54, 1.807) is 25.1 Å². The van der Waals surface area contributed by atoms with Gasteiger partial charge in [-0.05, 0) is 62.1 Å². The van der Waals surface area contributed by atoms with Gasteiger partial charge in [-0.3, -0.25) is 13.9 Å². The summed E-state index contributed by atoms with van der Waals surface area (Å²) in [5.41, 5.74) is 1.52. The second-order valence-corrected chi connectivity index (χ2v) is 12.1. The number of hydrogen-bond donors (Lipinski definition) is 1. The van der Waals surface area contributed by atoms with Gasteiger partial charge in [0.15, 0.2) is 0 Å². The van der Waals surface area contributed by atoms with Crippen LogP contribution in [0.4, 0.5) is 10.1 Å². The van der Waals surface area contributed by atoms with E-state index in [0.717, 1.165) is 53.6 Å². The number of hydrogen-bond acceptors (Lipinski definition) is 4. The van der Waals surface area contributed by atoms with Crippen LogP contribution in [0.3, 0.4) is 0 Å². The molecule has 7 nitrogen and oxygen atoms in total.